The largest absolute Gasteiger partial charge is 0.374 e. The quantitative estimate of drug-likeness (QED) is 0.414. The summed E-state index contributed by atoms with van der Waals surface area (Å²) in [5, 5.41) is 0.755. The van der Waals surface area contributed by atoms with Gasteiger partial charge in [0.1, 0.15) is 0 Å². The number of carbonyl (C=O) groups is 1. The maximum atomic E-state index is 12.5. The smallest absolute Gasteiger partial charge is 0.187 e. The number of nitrogens with zero attached hydrogens (tertiary/aromatic N) is 2. The normalized spacial score (nSPS) is 14.4. The minimum atomic E-state index is 0.0322. The first kappa shape index (κ1) is 19.3. The van der Waals surface area contributed by atoms with E-state index in [2.05, 4.69) is 34.1 Å². The van der Waals surface area contributed by atoms with Crippen molar-refractivity contribution in [3.8, 4) is 11.1 Å². The van der Waals surface area contributed by atoms with Crippen LogP contribution < -0.4 is 4.90 Å². The number of hydrogen-bond acceptors (Lipinski definition) is 3. The van der Waals surface area contributed by atoms with Crippen molar-refractivity contribution in [2.45, 2.75) is 0 Å². The number of halogens is 1. The van der Waals surface area contributed by atoms with Crippen molar-refractivity contribution in [2.24, 2.45) is 0 Å². The molecular formula is C25H23ClN2O. The van der Waals surface area contributed by atoms with E-state index in [1.807, 2.05) is 60.8 Å². The fraction of sp³-hybridized carbons (Fsp3) is 0.160. The van der Waals surface area contributed by atoms with Crippen LogP contribution in [-0.4, -0.2) is 36.9 Å². The zero-order chi connectivity index (χ0) is 20.1. The summed E-state index contributed by atoms with van der Waals surface area (Å²) in [5.74, 6) is 0.0322. The van der Waals surface area contributed by atoms with Crippen LogP contribution in [0, 0.1) is 0 Å². The van der Waals surface area contributed by atoms with Crippen molar-refractivity contribution in [1.82, 2.24) is 4.90 Å². The lowest BCUT2D eigenvalue weighted by Gasteiger charge is -2.35. The molecule has 0 radical (unpaired) electrons. The summed E-state index contributed by atoms with van der Waals surface area (Å²) >= 11 is 5.97. The molecule has 4 rings (SSSR count). The van der Waals surface area contributed by atoms with E-state index in [4.69, 9.17) is 11.6 Å². The van der Waals surface area contributed by atoms with Gasteiger partial charge in [-0.25, -0.2) is 0 Å². The van der Waals surface area contributed by atoms with Gasteiger partial charge in [-0.1, -0.05) is 66.2 Å². The summed E-state index contributed by atoms with van der Waals surface area (Å²) < 4.78 is 0. The molecule has 0 aromatic heterocycles. The monoisotopic (exact) mass is 402 g/mol. The van der Waals surface area contributed by atoms with Crippen LogP contribution in [0.3, 0.4) is 0 Å². The molecule has 3 nitrogen and oxygen atoms in total. The molecule has 0 N–H and O–H groups in total. The summed E-state index contributed by atoms with van der Waals surface area (Å²) in [6.45, 7) is 3.62. The third kappa shape index (κ3) is 4.87. The lowest BCUT2D eigenvalue weighted by molar-refractivity contribution is 0.104. The first-order valence-corrected chi connectivity index (χ1v) is 10.2. The van der Waals surface area contributed by atoms with Crippen molar-refractivity contribution >= 4 is 23.1 Å². The highest BCUT2D eigenvalue weighted by Crippen LogP contribution is 2.21. The summed E-state index contributed by atoms with van der Waals surface area (Å²) in [6, 6.07) is 25.9. The van der Waals surface area contributed by atoms with E-state index in [1.165, 1.54) is 5.69 Å². The van der Waals surface area contributed by atoms with E-state index in [9.17, 15) is 4.79 Å². The molecule has 0 amide bonds. The Hall–Kier alpha value is -3.04. The second-order valence-electron chi connectivity index (χ2n) is 7.12. The van der Waals surface area contributed by atoms with Gasteiger partial charge >= 0.3 is 0 Å². The van der Waals surface area contributed by atoms with Gasteiger partial charge in [-0.15, -0.1) is 0 Å². The van der Waals surface area contributed by atoms with Crippen molar-refractivity contribution in [2.75, 3.05) is 31.1 Å². The van der Waals surface area contributed by atoms with Crippen LogP contribution >= 0.6 is 11.6 Å². The summed E-state index contributed by atoms with van der Waals surface area (Å²) in [5.41, 5.74) is 4.17. The molecule has 0 spiro atoms. The van der Waals surface area contributed by atoms with Crippen LogP contribution in [-0.2, 0) is 0 Å². The number of anilines is 1. The number of hydrogen-bond donors (Lipinski definition) is 0. The van der Waals surface area contributed by atoms with Crippen LogP contribution in [0.2, 0.25) is 5.02 Å². The molecule has 1 aliphatic rings. The van der Waals surface area contributed by atoms with Gasteiger partial charge in [-0.05, 0) is 35.4 Å². The molecule has 0 unspecified atom stereocenters. The van der Waals surface area contributed by atoms with Gasteiger partial charge in [0.2, 0.25) is 0 Å². The highest BCUT2D eigenvalue weighted by atomic mass is 35.5. The number of allylic oxidation sites excluding steroid dienone is 1. The summed E-state index contributed by atoms with van der Waals surface area (Å²) in [6.07, 6.45) is 3.60. The fourth-order valence-corrected chi connectivity index (χ4v) is 3.63. The van der Waals surface area contributed by atoms with Crippen LogP contribution in [0.4, 0.5) is 5.69 Å². The zero-order valence-corrected chi connectivity index (χ0v) is 16.9. The molecular weight excluding hydrogens is 380 g/mol. The zero-order valence-electron chi connectivity index (χ0n) is 16.2. The van der Waals surface area contributed by atoms with Gasteiger partial charge in [-0.3, -0.25) is 4.79 Å². The summed E-state index contributed by atoms with van der Waals surface area (Å²) in [7, 11) is 0. The molecule has 1 aliphatic heterocycles. The Balaban J connectivity index is 1.32. The van der Waals surface area contributed by atoms with E-state index >= 15 is 0 Å². The molecule has 0 saturated carbocycles. The molecule has 0 atom stereocenters. The van der Waals surface area contributed by atoms with E-state index in [1.54, 1.807) is 6.08 Å². The lowest BCUT2D eigenvalue weighted by atomic mass is 10.0. The van der Waals surface area contributed by atoms with Crippen molar-refractivity contribution in [3.05, 3.63) is 102 Å². The third-order valence-corrected chi connectivity index (χ3v) is 5.47. The van der Waals surface area contributed by atoms with Gasteiger partial charge in [0.25, 0.3) is 0 Å². The predicted molar refractivity (Wildman–Crippen MR) is 121 cm³/mol. The van der Waals surface area contributed by atoms with Crippen LogP contribution in [0.5, 0.6) is 0 Å². The van der Waals surface area contributed by atoms with Crippen LogP contribution in [0.25, 0.3) is 11.1 Å². The Morgan fingerprint density at radius 1 is 0.759 bits per heavy atom. The van der Waals surface area contributed by atoms with Gasteiger partial charge in [0, 0.05) is 54.7 Å². The van der Waals surface area contributed by atoms with Crippen molar-refractivity contribution in [1.29, 1.82) is 0 Å². The minimum Gasteiger partial charge on any atom is -0.374 e. The average Bonchev–Trinajstić information content (AvgIpc) is 2.79. The Labute approximate surface area is 176 Å². The molecule has 0 bridgehead atoms. The first-order valence-electron chi connectivity index (χ1n) is 9.82. The minimum absolute atomic E-state index is 0.0322. The van der Waals surface area contributed by atoms with Gasteiger partial charge < -0.3 is 9.80 Å². The second kappa shape index (κ2) is 8.97. The van der Waals surface area contributed by atoms with Crippen molar-refractivity contribution in [3.63, 3.8) is 0 Å². The SMILES string of the molecule is O=C(C=CN1CCN(c2ccc(Cl)cc2)CC1)c1ccc(-c2ccccc2)cc1. The number of benzene rings is 3. The van der Waals surface area contributed by atoms with Gasteiger partial charge in [0.15, 0.2) is 5.78 Å². The van der Waals surface area contributed by atoms with E-state index < -0.39 is 0 Å². The van der Waals surface area contributed by atoms with E-state index in [0.29, 0.717) is 5.56 Å². The Kier molecular flexibility index (Phi) is 5.97. The maximum absolute atomic E-state index is 12.5. The maximum Gasteiger partial charge on any atom is 0.187 e. The van der Waals surface area contributed by atoms with E-state index in [0.717, 1.165) is 42.3 Å². The fourth-order valence-electron chi connectivity index (χ4n) is 3.51. The molecule has 4 heteroatoms. The lowest BCUT2D eigenvalue weighted by Crippen LogP contribution is -2.44. The number of piperazine rings is 1. The molecule has 3 aromatic rings. The first-order chi connectivity index (χ1) is 14.2. The van der Waals surface area contributed by atoms with Crippen molar-refractivity contribution < 1.29 is 4.79 Å². The van der Waals surface area contributed by atoms with Gasteiger partial charge in [-0.2, -0.15) is 0 Å². The Bertz CT molecular complexity index is 974. The Morgan fingerprint density at radius 2 is 1.38 bits per heavy atom. The average molecular weight is 403 g/mol. The molecule has 3 aromatic carbocycles. The molecule has 1 saturated heterocycles. The highest BCUT2D eigenvalue weighted by molar-refractivity contribution is 6.30. The molecule has 1 fully saturated rings. The standard InChI is InChI=1S/C25H23ClN2O/c26-23-10-12-24(13-11-23)28-18-16-27(17-19-28)15-14-25(29)22-8-6-21(7-9-22)20-4-2-1-3-5-20/h1-15H,16-19H2. The molecule has 0 aliphatic carbocycles. The number of ketones is 1. The number of rotatable bonds is 5. The summed E-state index contributed by atoms with van der Waals surface area (Å²) in [4.78, 5) is 17.1. The van der Waals surface area contributed by atoms with E-state index in [-0.39, 0.29) is 5.78 Å². The molecule has 1 heterocycles. The predicted octanol–water partition coefficient (Wildman–Crippen LogP) is 5.53. The Morgan fingerprint density at radius 3 is 2.03 bits per heavy atom. The van der Waals surface area contributed by atoms with Gasteiger partial charge in [0.05, 0.1) is 0 Å². The third-order valence-electron chi connectivity index (χ3n) is 5.22. The number of carbonyl (C=O) groups excluding carboxylic acids is 1. The molecule has 29 heavy (non-hydrogen) atoms. The van der Waals surface area contributed by atoms with Crippen LogP contribution in [0.15, 0.2) is 91.1 Å². The second-order valence-corrected chi connectivity index (χ2v) is 7.56. The van der Waals surface area contributed by atoms with Crippen LogP contribution in [0.1, 0.15) is 10.4 Å². The molecule has 146 valence electrons. The topological polar surface area (TPSA) is 23.6 Å². The highest BCUT2D eigenvalue weighted by Gasteiger charge is 2.15.